The Morgan fingerprint density at radius 1 is 1.17 bits per heavy atom. The van der Waals surface area contributed by atoms with E-state index >= 15 is 0 Å². The van der Waals surface area contributed by atoms with E-state index in [0.29, 0.717) is 22.2 Å². The van der Waals surface area contributed by atoms with Crippen molar-refractivity contribution in [3.63, 3.8) is 0 Å². The molecule has 0 fully saturated rings. The monoisotopic (exact) mass is 407 g/mol. The zero-order chi connectivity index (χ0) is 21.5. The Hall–Kier alpha value is -3.48. The summed E-state index contributed by atoms with van der Waals surface area (Å²) < 4.78 is 5.37. The number of carbonyl (C=O) groups excluding carboxylic acids is 1. The van der Waals surface area contributed by atoms with Crippen molar-refractivity contribution in [3.8, 4) is 5.75 Å². The molecule has 0 aliphatic rings. The second-order valence-corrected chi connectivity index (χ2v) is 7.15. The molecule has 7 nitrogen and oxygen atoms in total. The van der Waals surface area contributed by atoms with Crippen molar-refractivity contribution in [1.29, 1.82) is 0 Å². The molecule has 2 N–H and O–H groups in total. The normalized spacial score (nSPS) is 11.6. The molecule has 2 heterocycles. The molecule has 0 bridgehead atoms. The summed E-state index contributed by atoms with van der Waals surface area (Å²) >= 11 is 0. The molecule has 1 amide bonds. The number of phenolic OH excluding ortho intramolecular Hbond substituents is 1. The summed E-state index contributed by atoms with van der Waals surface area (Å²) in [5.74, 6) is -0.272. The molecule has 2 aromatic heterocycles. The summed E-state index contributed by atoms with van der Waals surface area (Å²) in [6.07, 6.45) is 8.18. The number of hydrazone groups is 1. The summed E-state index contributed by atoms with van der Waals surface area (Å²) in [7, 11) is 0. The van der Waals surface area contributed by atoms with Gasteiger partial charge in [-0.3, -0.25) is 9.78 Å². The number of benzene rings is 1. The minimum Gasteiger partial charge on any atom is -0.508 e. The van der Waals surface area contributed by atoms with Crippen molar-refractivity contribution in [2.75, 3.05) is 0 Å². The number of unbranched alkanes of at least 4 members (excludes halogenated alkanes) is 3. The third-order valence-corrected chi connectivity index (χ3v) is 4.89. The van der Waals surface area contributed by atoms with Crippen LogP contribution in [0, 0.1) is 0 Å². The molecule has 0 saturated heterocycles. The van der Waals surface area contributed by atoms with E-state index in [1.807, 2.05) is 6.07 Å². The van der Waals surface area contributed by atoms with Gasteiger partial charge in [-0.05, 0) is 49.6 Å². The Morgan fingerprint density at radius 3 is 2.67 bits per heavy atom. The van der Waals surface area contributed by atoms with Crippen LogP contribution in [0.1, 0.15) is 61.0 Å². The summed E-state index contributed by atoms with van der Waals surface area (Å²) in [6.45, 7) is 3.78. The van der Waals surface area contributed by atoms with Crippen LogP contribution in [-0.4, -0.2) is 21.7 Å². The predicted octanol–water partition coefficient (Wildman–Crippen LogP) is 4.17. The van der Waals surface area contributed by atoms with Gasteiger partial charge in [-0.2, -0.15) is 5.10 Å². The van der Waals surface area contributed by atoms with E-state index in [1.54, 1.807) is 25.1 Å². The highest BCUT2D eigenvalue weighted by Crippen LogP contribution is 2.26. The number of carbonyl (C=O) groups is 1. The highest BCUT2D eigenvalue weighted by atomic mass is 16.4. The molecule has 0 saturated carbocycles. The fourth-order valence-electron chi connectivity index (χ4n) is 3.16. The Labute approximate surface area is 174 Å². The van der Waals surface area contributed by atoms with Crippen LogP contribution in [0.3, 0.4) is 0 Å². The van der Waals surface area contributed by atoms with Crippen LogP contribution in [0.15, 0.2) is 57.0 Å². The molecule has 0 aliphatic carbocycles. The summed E-state index contributed by atoms with van der Waals surface area (Å²) in [5, 5.41) is 15.0. The molecule has 1 aromatic carbocycles. The van der Waals surface area contributed by atoms with Crippen LogP contribution in [0.25, 0.3) is 11.0 Å². The van der Waals surface area contributed by atoms with Gasteiger partial charge in [-0.15, -0.1) is 0 Å². The van der Waals surface area contributed by atoms with E-state index in [-0.39, 0.29) is 11.3 Å². The second kappa shape index (κ2) is 9.82. The fraction of sp³-hybridized carbons (Fsp3) is 0.304. The molecular formula is C23H25N3O4. The Bertz CT molecular complexity index is 1120. The Kier molecular flexibility index (Phi) is 6.95. The number of aromatic nitrogens is 1. The maximum Gasteiger partial charge on any atom is 0.345 e. The summed E-state index contributed by atoms with van der Waals surface area (Å²) in [6, 6.07) is 8.13. The first-order valence-corrected chi connectivity index (χ1v) is 10.0. The quantitative estimate of drug-likeness (QED) is 0.252. The number of nitrogens with one attached hydrogen (secondary N) is 1. The van der Waals surface area contributed by atoms with Gasteiger partial charge in [-0.1, -0.05) is 26.2 Å². The topological polar surface area (TPSA) is 105 Å². The van der Waals surface area contributed by atoms with E-state index in [0.717, 1.165) is 37.7 Å². The number of amides is 1. The SMILES string of the molecule is CCCCCCc1cc2cc(/C(C)=N/NC(=O)c3ccncc3)c(=O)oc2cc1O. The van der Waals surface area contributed by atoms with Crippen LogP contribution in [-0.2, 0) is 6.42 Å². The Morgan fingerprint density at radius 2 is 1.93 bits per heavy atom. The number of phenols is 1. The summed E-state index contributed by atoms with van der Waals surface area (Å²) in [5.41, 5.74) is 3.97. The van der Waals surface area contributed by atoms with Gasteiger partial charge in [-0.25, -0.2) is 10.2 Å². The van der Waals surface area contributed by atoms with Gasteiger partial charge in [0, 0.05) is 29.4 Å². The van der Waals surface area contributed by atoms with Gasteiger partial charge in [0.2, 0.25) is 0 Å². The number of pyridine rings is 1. The lowest BCUT2D eigenvalue weighted by atomic mass is 10.0. The average Bonchev–Trinajstić information content (AvgIpc) is 2.75. The lowest BCUT2D eigenvalue weighted by Crippen LogP contribution is -2.21. The molecule has 0 atom stereocenters. The van der Waals surface area contributed by atoms with Crippen LogP contribution < -0.4 is 11.1 Å². The molecular weight excluding hydrogens is 382 g/mol. The number of hydrogen-bond donors (Lipinski definition) is 2. The summed E-state index contributed by atoms with van der Waals surface area (Å²) in [4.78, 5) is 28.4. The maximum atomic E-state index is 12.4. The lowest BCUT2D eigenvalue weighted by molar-refractivity contribution is 0.0954. The zero-order valence-electron chi connectivity index (χ0n) is 17.1. The molecule has 7 heteroatoms. The third kappa shape index (κ3) is 5.11. The van der Waals surface area contributed by atoms with Crippen molar-refractivity contribution in [2.45, 2.75) is 46.0 Å². The lowest BCUT2D eigenvalue weighted by Gasteiger charge is -2.08. The Balaban J connectivity index is 1.84. The van der Waals surface area contributed by atoms with E-state index in [4.69, 9.17) is 4.42 Å². The maximum absolute atomic E-state index is 12.4. The standard InChI is InChI=1S/C23H25N3O4/c1-3-4-5-6-7-17-12-18-13-19(23(29)30-21(18)14-20(17)27)15(2)25-26-22(28)16-8-10-24-11-9-16/h8-14,27H,3-7H2,1-2H3,(H,26,28)/b25-15+. The number of aryl methyl sites for hydroxylation is 1. The first-order chi connectivity index (χ1) is 14.5. The number of nitrogens with zero attached hydrogens (tertiary/aromatic N) is 2. The second-order valence-electron chi connectivity index (χ2n) is 7.15. The molecule has 156 valence electrons. The number of rotatable bonds is 8. The minimum atomic E-state index is -0.586. The van der Waals surface area contributed by atoms with Crippen LogP contribution in [0.4, 0.5) is 0 Å². The first kappa shape index (κ1) is 21.2. The van der Waals surface area contributed by atoms with Crippen LogP contribution >= 0.6 is 0 Å². The van der Waals surface area contributed by atoms with E-state index < -0.39 is 11.5 Å². The molecule has 0 unspecified atom stereocenters. The molecule has 0 spiro atoms. The van der Waals surface area contributed by atoms with Gasteiger partial charge in [0.1, 0.15) is 11.3 Å². The molecule has 3 rings (SSSR count). The fourth-order valence-corrected chi connectivity index (χ4v) is 3.16. The van der Waals surface area contributed by atoms with Gasteiger partial charge < -0.3 is 9.52 Å². The zero-order valence-corrected chi connectivity index (χ0v) is 17.1. The average molecular weight is 407 g/mol. The van der Waals surface area contributed by atoms with Crippen molar-refractivity contribution < 1.29 is 14.3 Å². The minimum absolute atomic E-state index is 0.130. The predicted molar refractivity (Wildman–Crippen MR) is 116 cm³/mol. The van der Waals surface area contributed by atoms with Gasteiger partial charge in [0.15, 0.2) is 0 Å². The van der Waals surface area contributed by atoms with Gasteiger partial charge in [0.05, 0.1) is 11.3 Å². The largest absolute Gasteiger partial charge is 0.508 e. The number of aromatic hydroxyl groups is 1. The van der Waals surface area contributed by atoms with Crippen molar-refractivity contribution >= 4 is 22.6 Å². The van der Waals surface area contributed by atoms with Gasteiger partial charge in [0.25, 0.3) is 5.91 Å². The van der Waals surface area contributed by atoms with Gasteiger partial charge >= 0.3 is 5.63 Å². The number of fused-ring (bicyclic) bond motifs is 1. The third-order valence-electron chi connectivity index (χ3n) is 4.89. The highest BCUT2D eigenvalue weighted by molar-refractivity contribution is 6.02. The smallest absolute Gasteiger partial charge is 0.345 e. The van der Waals surface area contributed by atoms with Crippen LogP contribution in [0.2, 0.25) is 0 Å². The first-order valence-electron chi connectivity index (χ1n) is 10.0. The molecule has 0 radical (unpaired) electrons. The number of hydrogen-bond acceptors (Lipinski definition) is 6. The van der Waals surface area contributed by atoms with Crippen LogP contribution in [0.5, 0.6) is 5.75 Å². The molecule has 30 heavy (non-hydrogen) atoms. The van der Waals surface area contributed by atoms with Crippen molar-refractivity contribution in [3.05, 3.63) is 69.8 Å². The van der Waals surface area contributed by atoms with Crippen molar-refractivity contribution in [1.82, 2.24) is 10.4 Å². The van der Waals surface area contributed by atoms with E-state index in [2.05, 4.69) is 22.4 Å². The van der Waals surface area contributed by atoms with E-state index in [9.17, 15) is 14.7 Å². The molecule has 3 aromatic rings. The molecule has 0 aliphatic heterocycles. The highest BCUT2D eigenvalue weighted by Gasteiger charge is 2.12. The van der Waals surface area contributed by atoms with E-state index in [1.165, 1.54) is 18.5 Å². The van der Waals surface area contributed by atoms with Crippen molar-refractivity contribution in [2.24, 2.45) is 5.10 Å².